The maximum absolute atomic E-state index is 9.75. The smallest absolute Gasteiger partial charge is 0.120 e. The molecule has 0 aliphatic carbocycles. The summed E-state index contributed by atoms with van der Waals surface area (Å²) in [7, 11) is 0. The van der Waals surface area contributed by atoms with E-state index < -0.39 is 0 Å². The molecular weight excluding hydrogens is 314 g/mol. The molecule has 5 heteroatoms. The molecule has 1 unspecified atom stereocenters. The molecule has 2 rings (SSSR count). The first-order valence-corrected chi connectivity index (χ1v) is 7.21. The average molecular weight is 328 g/mol. The molecule has 0 aliphatic heterocycles. The van der Waals surface area contributed by atoms with E-state index in [0.29, 0.717) is 5.56 Å². The van der Waals surface area contributed by atoms with Gasteiger partial charge in [0.2, 0.25) is 0 Å². The molecule has 0 bridgehead atoms. The zero-order valence-corrected chi connectivity index (χ0v) is 12.3. The van der Waals surface area contributed by atoms with Crippen LogP contribution in [0.1, 0.15) is 23.4 Å². The van der Waals surface area contributed by atoms with Crippen molar-refractivity contribution in [2.24, 2.45) is 0 Å². The molecule has 0 aliphatic rings. The number of hydrogen-bond donors (Lipinski definition) is 3. The molecule has 0 saturated heterocycles. The third kappa shape index (κ3) is 3.25. The SMILES string of the molecule is CC(NCc1cc(Br)cs1)c1cc(O)ccc1O. The van der Waals surface area contributed by atoms with E-state index in [1.807, 2.05) is 12.3 Å². The predicted octanol–water partition coefficient (Wildman–Crippen LogP) is 3.77. The normalized spacial score (nSPS) is 12.6. The van der Waals surface area contributed by atoms with Gasteiger partial charge in [0.05, 0.1) is 0 Å². The van der Waals surface area contributed by atoms with Gasteiger partial charge in [-0.2, -0.15) is 0 Å². The van der Waals surface area contributed by atoms with E-state index in [0.717, 1.165) is 11.0 Å². The van der Waals surface area contributed by atoms with E-state index in [1.54, 1.807) is 17.4 Å². The first kappa shape index (κ1) is 13.4. The van der Waals surface area contributed by atoms with Gasteiger partial charge in [0, 0.05) is 32.9 Å². The summed E-state index contributed by atoms with van der Waals surface area (Å²) >= 11 is 5.09. The average Bonchev–Trinajstić information content (AvgIpc) is 2.75. The third-order valence-electron chi connectivity index (χ3n) is 2.68. The lowest BCUT2D eigenvalue weighted by Crippen LogP contribution is -2.17. The van der Waals surface area contributed by atoms with Crippen LogP contribution in [0, 0.1) is 0 Å². The number of halogens is 1. The fraction of sp³-hybridized carbons (Fsp3) is 0.231. The summed E-state index contributed by atoms with van der Waals surface area (Å²) in [4.78, 5) is 1.22. The summed E-state index contributed by atoms with van der Waals surface area (Å²) in [5.74, 6) is 0.357. The van der Waals surface area contributed by atoms with E-state index in [4.69, 9.17) is 0 Å². The minimum absolute atomic E-state index is 0.0297. The Kier molecular flexibility index (Phi) is 4.27. The lowest BCUT2D eigenvalue weighted by atomic mass is 10.1. The zero-order valence-electron chi connectivity index (χ0n) is 9.85. The van der Waals surface area contributed by atoms with Crippen LogP contribution in [0.5, 0.6) is 11.5 Å². The quantitative estimate of drug-likeness (QED) is 0.749. The van der Waals surface area contributed by atoms with Crippen LogP contribution in [0.4, 0.5) is 0 Å². The molecule has 1 aromatic heterocycles. The lowest BCUT2D eigenvalue weighted by molar-refractivity contribution is 0.441. The Morgan fingerprint density at radius 3 is 2.78 bits per heavy atom. The standard InChI is InChI=1S/C13H14BrNO2S/c1-8(12-5-10(16)2-3-13(12)17)15-6-11-4-9(14)7-18-11/h2-5,7-8,15-17H,6H2,1H3. The minimum Gasteiger partial charge on any atom is -0.508 e. The van der Waals surface area contributed by atoms with Crippen LogP contribution >= 0.6 is 27.3 Å². The van der Waals surface area contributed by atoms with Gasteiger partial charge in [-0.3, -0.25) is 0 Å². The van der Waals surface area contributed by atoms with Crippen LogP contribution in [0.25, 0.3) is 0 Å². The van der Waals surface area contributed by atoms with E-state index in [2.05, 4.69) is 27.3 Å². The summed E-state index contributed by atoms with van der Waals surface area (Å²) in [6.07, 6.45) is 0. The summed E-state index contributed by atoms with van der Waals surface area (Å²) in [6.45, 7) is 2.68. The number of nitrogens with one attached hydrogen (secondary N) is 1. The molecular formula is C13H14BrNO2S. The zero-order chi connectivity index (χ0) is 13.1. The fourth-order valence-electron chi connectivity index (χ4n) is 1.70. The Bertz CT molecular complexity index is 542. The van der Waals surface area contributed by atoms with Gasteiger partial charge >= 0.3 is 0 Å². The van der Waals surface area contributed by atoms with Gasteiger partial charge in [-0.1, -0.05) is 0 Å². The first-order valence-electron chi connectivity index (χ1n) is 5.54. The van der Waals surface area contributed by atoms with Crippen LogP contribution < -0.4 is 5.32 Å². The van der Waals surface area contributed by atoms with Crippen LogP contribution in [0.15, 0.2) is 34.1 Å². The van der Waals surface area contributed by atoms with Crippen molar-refractivity contribution in [3.05, 3.63) is 44.6 Å². The maximum Gasteiger partial charge on any atom is 0.120 e. The highest BCUT2D eigenvalue weighted by molar-refractivity contribution is 9.10. The molecule has 18 heavy (non-hydrogen) atoms. The van der Waals surface area contributed by atoms with Crippen molar-refractivity contribution in [1.82, 2.24) is 5.32 Å². The molecule has 0 amide bonds. The van der Waals surface area contributed by atoms with Crippen molar-refractivity contribution in [1.29, 1.82) is 0 Å². The molecule has 0 spiro atoms. The van der Waals surface area contributed by atoms with Gasteiger partial charge in [-0.15, -0.1) is 11.3 Å². The highest BCUT2D eigenvalue weighted by Crippen LogP contribution is 2.28. The first-order chi connectivity index (χ1) is 8.56. The topological polar surface area (TPSA) is 52.5 Å². The number of phenolic OH excluding ortho intramolecular Hbond substituents is 2. The summed E-state index contributed by atoms with van der Waals surface area (Å²) < 4.78 is 1.08. The van der Waals surface area contributed by atoms with Gasteiger partial charge in [0.25, 0.3) is 0 Å². The maximum atomic E-state index is 9.75. The molecule has 1 heterocycles. The lowest BCUT2D eigenvalue weighted by Gasteiger charge is -2.15. The monoisotopic (exact) mass is 327 g/mol. The number of aromatic hydroxyl groups is 2. The molecule has 96 valence electrons. The molecule has 0 saturated carbocycles. The summed E-state index contributed by atoms with van der Waals surface area (Å²) in [5.41, 5.74) is 0.700. The number of rotatable bonds is 4. The minimum atomic E-state index is -0.0297. The number of phenols is 2. The van der Waals surface area contributed by atoms with Crippen LogP contribution in [0.3, 0.4) is 0 Å². The molecule has 0 radical (unpaired) electrons. The second kappa shape index (κ2) is 5.73. The Balaban J connectivity index is 2.03. The third-order valence-corrected chi connectivity index (χ3v) is 4.38. The van der Waals surface area contributed by atoms with E-state index in [1.165, 1.54) is 17.0 Å². The molecule has 3 N–H and O–H groups in total. The van der Waals surface area contributed by atoms with Crippen LogP contribution in [0.2, 0.25) is 0 Å². The van der Waals surface area contributed by atoms with Crippen molar-refractivity contribution in [2.45, 2.75) is 19.5 Å². The number of benzene rings is 1. The second-order valence-electron chi connectivity index (χ2n) is 4.08. The van der Waals surface area contributed by atoms with Crippen molar-refractivity contribution in [3.8, 4) is 11.5 Å². The van der Waals surface area contributed by atoms with E-state index >= 15 is 0 Å². The molecule has 1 aromatic carbocycles. The van der Waals surface area contributed by atoms with Crippen molar-refractivity contribution in [3.63, 3.8) is 0 Å². The Hall–Kier alpha value is -1.04. The summed E-state index contributed by atoms with van der Waals surface area (Å²) in [6, 6.07) is 6.59. The molecule has 1 atom stereocenters. The summed E-state index contributed by atoms with van der Waals surface area (Å²) in [5, 5.41) is 24.5. The van der Waals surface area contributed by atoms with Crippen molar-refractivity contribution < 1.29 is 10.2 Å². The highest BCUT2D eigenvalue weighted by Gasteiger charge is 2.11. The Morgan fingerprint density at radius 1 is 1.33 bits per heavy atom. The van der Waals surface area contributed by atoms with Gasteiger partial charge < -0.3 is 15.5 Å². The van der Waals surface area contributed by atoms with Crippen molar-refractivity contribution >= 4 is 27.3 Å². The Labute approximate surface area is 118 Å². The Morgan fingerprint density at radius 2 is 2.11 bits per heavy atom. The van der Waals surface area contributed by atoms with Crippen molar-refractivity contribution in [2.75, 3.05) is 0 Å². The van der Waals surface area contributed by atoms with E-state index in [-0.39, 0.29) is 17.5 Å². The highest BCUT2D eigenvalue weighted by atomic mass is 79.9. The number of thiophene rings is 1. The molecule has 2 aromatic rings. The fourth-order valence-corrected chi connectivity index (χ4v) is 3.10. The molecule has 3 nitrogen and oxygen atoms in total. The molecule has 0 fully saturated rings. The van der Waals surface area contributed by atoms with Crippen LogP contribution in [-0.4, -0.2) is 10.2 Å². The predicted molar refractivity (Wildman–Crippen MR) is 77.0 cm³/mol. The van der Waals surface area contributed by atoms with Gasteiger partial charge in [-0.25, -0.2) is 0 Å². The van der Waals surface area contributed by atoms with E-state index in [9.17, 15) is 10.2 Å². The van der Waals surface area contributed by atoms with Crippen LogP contribution in [-0.2, 0) is 6.54 Å². The van der Waals surface area contributed by atoms with Gasteiger partial charge in [-0.05, 0) is 47.1 Å². The second-order valence-corrected chi connectivity index (χ2v) is 5.99. The number of hydrogen-bond acceptors (Lipinski definition) is 4. The largest absolute Gasteiger partial charge is 0.508 e. The van der Waals surface area contributed by atoms with Gasteiger partial charge in [0.15, 0.2) is 0 Å². The van der Waals surface area contributed by atoms with Gasteiger partial charge in [0.1, 0.15) is 11.5 Å².